The van der Waals surface area contributed by atoms with Crippen LogP contribution in [0.1, 0.15) is 32.6 Å². The number of aliphatic hydroxyl groups is 1. The van der Waals surface area contributed by atoms with Crippen LogP contribution < -0.4 is 0 Å². The van der Waals surface area contributed by atoms with Gasteiger partial charge >= 0.3 is 0 Å². The van der Waals surface area contributed by atoms with E-state index in [4.69, 9.17) is 9.84 Å². The summed E-state index contributed by atoms with van der Waals surface area (Å²) in [6, 6.07) is 0. The highest BCUT2D eigenvalue weighted by molar-refractivity contribution is 4.55. The number of hydrogen-bond donors (Lipinski definition) is 1. The third kappa shape index (κ3) is 6.55. The highest BCUT2D eigenvalue weighted by Gasteiger charge is 2.04. The van der Waals surface area contributed by atoms with Crippen molar-refractivity contribution in [2.45, 2.75) is 44.9 Å². The van der Waals surface area contributed by atoms with Crippen LogP contribution in [-0.2, 0) is 4.74 Å². The van der Waals surface area contributed by atoms with Crippen molar-refractivity contribution in [2.75, 3.05) is 13.7 Å². The van der Waals surface area contributed by atoms with Crippen molar-refractivity contribution in [1.29, 1.82) is 0 Å². The van der Waals surface area contributed by atoms with Crippen LogP contribution >= 0.6 is 0 Å². The van der Waals surface area contributed by atoms with Gasteiger partial charge < -0.3 is 9.84 Å². The minimum atomic E-state index is -1.04. The largest absolute Gasteiger partial charge is 0.393 e. The smallest absolute Gasteiger partial charge is 0.123 e. The summed E-state index contributed by atoms with van der Waals surface area (Å²) < 4.78 is 17.5. The first kappa shape index (κ1) is 11.8. The van der Waals surface area contributed by atoms with E-state index in [0.29, 0.717) is 6.42 Å². The Kier molecular flexibility index (Phi) is 7.40. The molecule has 0 aliphatic carbocycles. The molecule has 0 aromatic rings. The zero-order valence-electron chi connectivity index (χ0n) is 7.92. The summed E-state index contributed by atoms with van der Waals surface area (Å²) in [5, 5.41) is 8.39. The van der Waals surface area contributed by atoms with E-state index in [1.807, 2.05) is 6.92 Å². The van der Waals surface area contributed by atoms with E-state index in [1.54, 1.807) is 7.11 Å². The summed E-state index contributed by atoms with van der Waals surface area (Å²) in [6.07, 6.45) is 2.45. The number of ether oxygens (including phenoxy) is 1. The minimum Gasteiger partial charge on any atom is -0.393 e. The van der Waals surface area contributed by atoms with Crippen LogP contribution in [-0.4, -0.2) is 31.1 Å². The van der Waals surface area contributed by atoms with Gasteiger partial charge in [0.1, 0.15) is 6.17 Å². The molecule has 0 spiro atoms. The second-order valence-electron chi connectivity index (χ2n) is 3.11. The maximum Gasteiger partial charge on any atom is 0.123 e. The molecule has 0 fully saturated rings. The molecule has 0 saturated carbocycles. The molecule has 1 unspecified atom stereocenters. The fourth-order valence-electron chi connectivity index (χ4n) is 1.01. The zero-order valence-corrected chi connectivity index (χ0v) is 7.92. The number of halogens is 1. The molecule has 0 aliphatic heterocycles. The van der Waals surface area contributed by atoms with Crippen LogP contribution in [0, 0.1) is 0 Å². The van der Waals surface area contributed by atoms with Gasteiger partial charge in [-0.3, -0.25) is 0 Å². The van der Waals surface area contributed by atoms with E-state index in [1.165, 1.54) is 0 Å². The Morgan fingerprint density at radius 2 is 1.92 bits per heavy atom. The lowest BCUT2D eigenvalue weighted by Crippen LogP contribution is -2.07. The van der Waals surface area contributed by atoms with Gasteiger partial charge in [0.2, 0.25) is 0 Å². The lowest BCUT2D eigenvalue weighted by molar-refractivity contribution is 0.106. The number of unbranched alkanes of at least 4 members (excludes halogenated alkanes) is 1. The molecule has 0 saturated heterocycles. The third-order valence-electron chi connectivity index (χ3n) is 1.98. The van der Waals surface area contributed by atoms with Gasteiger partial charge in [-0.05, 0) is 19.8 Å². The van der Waals surface area contributed by atoms with E-state index < -0.39 is 6.17 Å². The average molecular weight is 178 g/mol. The molecule has 0 rings (SSSR count). The molecule has 12 heavy (non-hydrogen) atoms. The summed E-state index contributed by atoms with van der Waals surface area (Å²) in [7, 11) is 1.68. The van der Waals surface area contributed by atoms with Crippen molar-refractivity contribution >= 4 is 0 Å². The lowest BCUT2D eigenvalue weighted by atomic mass is 10.1. The molecule has 0 aromatic carbocycles. The van der Waals surface area contributed by atoms with Crippen molar-refractivity contribution in [1.82, 2.24) is 0 Å². The predicted molar refractivity (Wildman–Crippen MR) is 46.9 cm³/mol. The Balaban J connectivity index is 3.10. The van der Waals surface area contributed by atoms with Crippen LogP contribution in [0.15, 0.2) is 0 Å². The van der Waals surface area contributed by atoms with Crippen molar-refractivity contribution in [2.24, 2.45) is 0 Å². The van der Waals surface area contributed by atoms with Gasteiger partial charge in [-0.25, -0.2) is 4.39 Å². The maximum atomic E-state index is 12.5. The average Bonchev–Trinajstić information content (AvgIpc) is 2.11. The van der Waals surface area contributed by atoms with Crippen molar-refractivity contribution in [3.05, 3.63) is 0 Å². The molecule has 2 atom stereocenters. The molecule has 74 valence electrons. The van der Waals surface area contributed by atoms with Crippen LogP contribution in [0.25, 0.3) is 0 Å². The molecule has 0 heterocycles. The second-order valence-corrected chi connectivity index (χ2v) is 3.11. The number of hydrogen-bond acceptors (Lipinski definition) is 2. The van der Waals surface area contributed by atoms with Crippen molar-refractivity contribution < 1.29 is 14.2 Å². The van der Waals surface area contributed by atoms with Gasteiger partial charge in [-0.1, -0.05) is 12.8 Å². The molecular weight excluding hydrogens is 159 g/mol. The fraction of sp³-hybridized carbons (Fsp3) is 1.00. The monoisotopic (exact) mass is 178 g/mol. The summed E-state index contributed by atoms with van der Waals surface area (Å²) in [5.74, 6) is 0. The van der Waals surface area contributed by atoms with Crippen molar-refractivity contribution in [3.63, 3.8) is 0 Å². The minimum absolute atomic E-state index is 0.261. The van der Waals surface area contributed by atoms with Gasteiger partial charge in [0.15, 0.2) is 0 Å². The van der Waals surface area contributed by atoms with Gasteiger partial charge in [0, 0.05) is 7.11 Å². The van der Waals surface area contributed by atoms with E-state index in [0.717, 1.165) is 19.3 Å². The first-order chi connectivity index (χ1) is 5.70. The Bertz CT molecular complexity index is 86.5. The van der Waals surface area contributed by atoms with Crippen molar-refractivity contribution in [3.8, 4) is 0 Å². The van der Waals surface area contributed by atoms with Crippen LogP contribution in [0.3, 0.4) is 0 Å². The van der Waals surface area contributed by atoms with Crippen LogP contribution in [0.4, 0.5) is 4.39 Å². The quantitative estimate of drug-likeness (QED) is 0.603. The Morgan fingerprint density at radius 3 is 2.42 bits per heavy atom. The van der Waals surface area contributed by atoms with E-state index >= 15 is 0 Å². The predicted octanol–water partition coefficient (Wildman–Crippen LogP) is 1.91. The molecule has 0 aromatic heterocycles. The lowest BCUT2D eigenvalue weighted by Gasteiger charge is -2.09. The van der Waals surface area contributed by atoms with Crippen LogP contribution in [0.5, 0.6) is 0 Å². The first-order valence-electron chi connectivity index (χ1n) is 4.48. The molecule has 1 N–H and O–H groups in total. The van der Waals surface area contributed by atoms with Crippen LogP contribution in [0.2, 0.25) is 0 Å². The Morgan fingerprint density at radius 1 is 1.33 bits per heavy atom. The summed E-state index contributed by atoms with van der Waals surface area (Å²) in [6.45, 7) is 1.65. The number of methoxy groups -OCH3 is 1. The second kappa shape index (κ2) is 7.50. The summed E-state index contributed by atoms with van der Waals surface area (Å²) in [5.41, 5.74) is 0. The van der Waals surface area contributed by atoms with Gasteiger partial charge in [-0.2, -0.15) is 0 Å². The summed E-state index contributed by atoms with van der Waals surface area (Å²) in [4.78, 5) is 0. The van der Waals surface area contributed by atoms with Gasteiger partial charge in [-0.15, -0.1) is 0 Å². The first-order valence-corrected chi connectivity index (χ1v) is 4.48. The van der Waals surface area contributed by atoms with E-state index in [2.05, 4.69) is 0 Å². The maximum absolute atomic E-state index is 12.5. The van der Waals surface area contributed by atoms with E-state index in [9.17, 15) is 4.39 Å². The molecule has 3 heteroatoms. The SMILES string of the molecule is COC(C)CCCC[C@H](F)CO. The molecule has 0 aliphatic rings. The molecule has 2 nitrogen and oxygen atoms in total. The molecule has 0 bridgehead atoms. The Labute approximate surface area is 73.7 Å². The standard InChI is InChI=1S/C9H19FO2/c1-8(12-2)5-3-4-6-9(10)7-11/h8-9,11H,3-7H2,1-2H3/t8?,9-/m0/s1. The van der Waals surface area contributed by atoms with E-state index in [-0.39, 0.29) is 12.7 Å². The molecule has 0 amide bonds. The van der Waals surface area contributed by atoms with Gasteiger partial charge in [0.25, 0.3) is 0 Å². The Hall–Kier alpha value is -0.150. The summed E-state index contributed by atoms with van der Waals surface area (Å²) >= 11 is 0. The molecular formula is C9H19FO2. The highest BCUT2D eigenvalue weighted by atomic mass is 19.1. The zero-order chi connectivity index (χ0) is 9.40. The third-order valence-corrected chi connectivity index (χ3v) is 1.98. The highest BCUT2D eigenvalue weighted by Crippen LogP contribution is 2.08. The number of aliphatic hydroxyl groups excluding tert-OH is 1. The topological polar surface area (TPSA) is 29.5 Å². The fourth-order valence-corrected chi connectivity index (χ4v) is 1.01. The van der Waals surface area contributed by atoms with Gasteiger partial charge in [0.05, 0.1) is 12.7 Å². The number of alkyl halides is 1. The molecule has 0 radical (unpaired) electrons. The number of rotatable bonds is 7. The normalized spacial score (nSPS) is 16.0.